The van der Waals surface area contributed by atoms with E-state index in [9.17, 15) is 10.2 Å². The van der Waals surface area contributed by atoms with Crippen molar-refractivity contribution in [2.75, 3.05) is 39.8 Å². The SMILES string of the molecule is CN1CCC(NC[C@@H]2O[C@@H](CO)[C@@H](O)[C@H]2N2CCc3ccccc3C2)CC1. The summed E-state index contributed by atoms with van der Waals surface area (Å²) in [6.45, 7) is 4.60. The fourth-order valence-corrected chi connectivity index (χ4v) is 4.86. The van der Waals surface area contributed by atoms with Crippen molar-refractivity contribution >= 4 is 0 Å². The molecule has 150 valence electrons. The van der Waals surface area contributed by atoms with Gasteiger partial charge in [0.2, 0.25) is 0 Å². The largest absolute Gasteiger partial charge is 0.394 e. The zero-order valence-corrected chi connectivity index (χ0v) is 16.3. The van der Waals surface area contributed by atoms with Gasteiger partial charge in [-0.1, -0.05) is 24.3 Å². The maximum Gasteiger partial charge on any atom is 0.109 e. The summed E-state index contributed by atoms with van der Waals surface area (Å²) in [5.74, 6) is 0. The molecule has 0 unspecified atom stereocenters. The van der Waals surface area contributed by atoms with Crippen LogP contribution in [0.25, 0.3) is 0 Å². The first-order chi connectivity index (χ1) is 13.2. The Labute approximate surface area is 162 Å². The van der Waals surface area contributed by atoms with Crippen molar-refractivity contribution in [3.05, 3.63) is 35.4 Å². The van der Waals surface area contributed by atoms with E-state index in [0.29, 0.717) is 6.04 Å². The van der Waals surface area contributed by atoms with Crippen LogP contribution in [0.5, 0.6) is 0 Å². The molecule has 3 heterocycles. The summed E-state index contributed by atoms with van der Waals surface area (Å²) in [4.78, 5) is 4.72. The van der Waals surface area contributed by atoms with Crippen LogP contribution in [-0.4, -0.2) is 90.2 Å². The number of hydrogen-bond donors (Lipinski definition) is 3. The number of likely N-dealkylation sites (tertiary alicyclic amines) is 1. The molecule has 4 atom stereocenters. The molecule has 4 rings (SSSR count). The van der Waals surface area contributed by atoms with Gasteiger partial charge in [0, 0.05) is 25.7 Å². The predicted octanol–water partition coefficient (Wildman–Crippen LogP) is 0.218. The molecule has 0 aliphatic carbocycles. The van der Waals surface area contributed by atoms with Gasteiger partial charge >= 0.3 is 0 Å². The van der Waals surface area contributed by atoms with Gasteiger partial charge in [0.1, 0.15) is 12.2 Å². The number of nitrogens with zero attached hydrogens (tertiary/aromatic N) is 2. The van der Waals surface area contributed by atoms with E-state index < -0.39 is 12.2 Å². The number of benzene rings is 1. The third-order valence-corrected chi connectivity index (χ3v) is 6.55. The Morgan fingerprint density at radius 1 is 1.11 bits per heavy atom. The van der Waals surface area contributed by atoms with Crippen LogP contribution < -0.4 is 5.32 Å². The average molecular weight is 376 g/mol. The molecule has 0 bridgehead atoms. The number of fused-ring (bicyclic) bond motifs is 1. The van der Waals surface area contributed by atoms with Crippen LogP contribution in [0.4, 0.5) is 0 Å². The molecule has 0 amide bonds. The predicted molar refractivity (Wildman–Crippen MR) is 105 cm³/mol. The molecule has 0 radical (unpaired) electrons. The van der Waals surface area contributed by atoms with E-state index in [-0.39, 0.29) is 18.8 Å². The van der Waals surface area contributed by atoms with Gasteiger partial charge in [0.05, 0.1) is 18.8 Å². The average Bonchev–Trinajstić information content (AvgIpc) is 3.02. The molecule has 2 saturated heterocycles. The van der Waals surface area contributed by atoms with E-state index in [1.54, 1.807) is 0 Å². The molecule has 3 aliphatic rings. The molecular formula is C21H33N3O3. The highest BCUT2D eigenvalue weighted by atomic mass is 16.5. The summed E-state index contributed by atoms with van der Waals surface area (Å²) in [5.41, 5.74) is 2.74. The maximum absolute atomic E-state index is 10.8. The van der Waals surface area contributed by atoms with Crippen molar-refractivity contribution in [1.29, 1.82) is 0 Å². The summed E-state index contributed by atoms with van der Waals surface area (Å²) in [5, 5.41) is 24.1. The summed E-state index contributed by atoms with van der Waals surface area (Å²) in [6, 6.07) is 8.99. The second kappa shape index (κ2) is 8.55. The lowest BCUT2D eigenvalue weighted by Gasteiger charge is -2.38. The van der Waals surface area contributed by atoms with Crippen LogP contribution in [0.15, 0.2) is 24.3 Å². The summed E-state index contributed by atoms with van der Waals surface area (Å²) < 4.78 is 6.07. The Hall–Kier alpha value is -1.02. The van der Waals surface area contributed by atoms with Crippen LogP contribution >= 0.6 is 0 Å². The lowest BCUT2D eigenvalue weighted by atomic mass is 9.95. The topological polar surface area (TPSA) is 68.2 Å². The van der Waals surface area contributed by atoms with Gasteiger partial charge in [-0.05, 0) is 50.5 Å². The highest BCUT2D eigenvalue weighted by Gasteiger charge is 2.46. The van der Waals surface area contributed by atoms with Crippen molar-refractivity contribution in [3.63, 3.8) is 0 Å². The van der Waals surface area contributed by atoms with Crippen LogP contribution in [0, 0.1) is 0 Å². The fourth-order valence-electron chi connectivity index (χ4n) is 4.86. The second-order valence-electron chi connectivity index (χ2n) is 8.35. The lowest BCUT2D eigenvalue weighted by molar-refractivity contribution is -0.0222. The Kier molecular flexibility index (Phi) is 6.12. The van der Waals surface area contributed by atoms with E-state index >= 15 is 0 Å². The molecule has 0 aromatic heterocycles. The summed E-state index contributed by atoms with van der Waals surface area (Å²) in [7, 11) is 2.17. The zero-order valence-electron chi connectivity index (χ0n) is 16.3. The number of hydrogen-bond acceptors (Lipinski definition) is 6. The number of nitrogens with one attached hydrogen (secondary N) is 1. The molecule has 0 saturated carbocycles. The summed E-state index contributed by atoms with van der Waals surface area (Å²) in [6.07, 6.45) is 2.06. The van der Waals surface area contributed by atoms with Crippen LogP contribution in [-0.2, 0) is 17.7 Å². The van der Waals surface area contributed by atoms with Gasteiger partial charge in [0.15, 0.2) is 0 Å². The smallest absolute Gasteiger partial charge is 0.109 e. The first-order valence-electron chi connectivity index (χ1n) is 10.3. The van der Waals surface area contributed by atoms with Gasteiger partial charge in [-0.25, -0.2) is 0 Å². The molecule has 1 aromatic carbocycles. The van der Waals surface area contributed by atoms with Crippen LogP contribution in [0.1, 0.15) is 24.0 Å². The maximum atomic E-state index is 10.8. The van der Waals surface area contributed by atoms with Crippen molar-refractivity contribution < 1.29 is 14.9 Å². The van der Waals surface area contributed by atoms with Crippen molar-refractivity contribution in [2.45, 2.75) is 56.2 Å². The molecule has 3 aliphatic heterocycles. The quantitative estimate of drug-likeness (QED) is 0.684. The van der Waals surface area contributed by atoms with Crippen LogP contribution in [0.2, 0.25) is 0 Å². The Bertz CT molecular complexity index is 620. The number of aliphatic hydroxyl groups excluding tert-OH is 2. The van der Waals surface area contributed by atoms with E-state index in [4.69, 9.17) is 4.74 Å². The third-order valence-electron chi connectivity index (χ3n) is 6.55. The van der Waals surface area contributed by atoms with E-state index in [0.717, 1.165) is 52.0 Å². The van der Waals surface area contributed by atoms with Gasteiger partial charge in [-0.3, -0.25) is 4.90 Å². The minimum Gasteiger partial charge on any atom is -0.394 e. The van der Waals surface area contributed by atoms with Gasteiger partial charge in [0.25, 0.3) is 0 Å². The third kappa shape index (κ3) is 4.21. The number of piperidine rings is 1. The highest BCUT2D eigenvalue weighted by Crippen LogP contribution is 2.30. The molecule has 1 aromatic rings. The van der Waals surface area contributed by atoms with Gasteiger partial charge in [-0.2, -0.15) is 0 Å². The molecule has 6 heteroatoms. The van der Waals surface area contributed by atoms with Crippen molar-refractivity contribution in [2.24, 2.45) is 0 Å². The Balaban J connectivity index is 1.42. The zero-order chi connectivity index (χ0) is 18.8. The molecular weight excluding hydrogens is 342 g/mol. The molecule has 0 spiro atoms. The van der Waals surface area contributed by atoms with Crippen LogP contribution in [0.3, 0.4) is 0 Å². The normalized spacial score (nSPS) is 33.3. The van der Waals surface area contributed by atoms with Crippen molar-refractivity contribution in [1.82, 2.24) is 15.1 Å². The molecule has 27 heavy (non-hydrogen) atoms. The van der Waals surface area contributed by atoms with E-state index in [1.165, 1.54) is 11.1 Å². The molecule has 2 fully saturated rings. The standard InChI is InChI=1S/C21H33N3O3/c1-23-9-7-17(8-10-23)22-12-18-20(21(26)19(14-25)27-18)24-11-6-15-4-2-3-5-16(15)13-24/h2-5,17-22,25-26H,6-14H2,1H3/t18-,19-,20-,21+/m0/s1. The van der Waals surface area contributed by atoms with Gasteiger partial charge in [-0.15, -0.1) is 0 Å². The second-order valence-corrected chi connectivity index (χ2v) is 8.35. The minimum absolute atomic E-state index is 0.0747. The van der Waals surface area contributed by atoms with Crippen molar-refractivity contribution in [3.8, 4) is 0 Å². The lowest BCUT2D eigenvalue weighted by Crippen LogP contribution is -2.53. The minimum atomic E-state index is -0.649. The molecule has 6 nitrogen and oxygen atoms in total. The number of rotatable bonds is 5. The molecule has 3 N–H and O–H groups in total. The summed E-state index contributed by atoms with van der Waals surface area (Å²) >= 11 is 0. The monoisotopic (exact) mass is 375 g/mol. The van der Waals surface area contributed by atoms with E-state index in [2.05, 4.69) is 46.4 Å². The fraction of sp³-hybridized carbons (Fsp3) is 0.714. The number of ether oxygens (including phenoxy) is 1. The highest BCUT2D eigenvalue weighted by molar-refractivity contribution is 5.29. The first-order valence-corrected chi connectivity index (χ1v) is 10.3. The first kappa shape index (κ1) is 19.3. The van der Waals surface area contributed by atoms with E-state index in [1.807, 2.05) is 0 Å². The Morgan fingerprint density at radius 3 is 2.59 bits per heavy atom. The Morgan fingerprint density at radius 2 is 1.85 bits per heavy atom. The number of aliphatic hydroxyl groups is 2. The van der Waals surface area contributed by atoms with Gasteiger partial charge < -0.3 is 25.2 Å².